The van der Waals surface area contributed by atoms with Crippen molar-refractivity contribution >= 4 is 44.1 Å². The molecule has 0 radical (unpaired) electrons. The SMILES string of the molecule is CCCCOc1ccc(C2C(=C(O)c3cccc(OC)c3)C(=O)C(=O)N2c2nc3ccc(F)cc3s2)cc1OC. The van der Waals surface area contributed by atoms with Gasteiger partial charge in [0.25, 0.3) is 5.78 Å². The van der Waals surface area contributed by atoms with Gasteiger partial charge in [0, 0.05) is 5.56 Å². The number of fused-ring (bicyclic) bond motifs is 1. The number of aliphatic hydroxyl groups excluding tert-OH is 1. The number of rotatable bonds is 9. The number of ether oxygens (including phenoxy) is 3. The largest absolute Gasteiger partial charge is 0.507 e. The van der Waals surface area contributed by atoms with Gasteiger partial charge in [0.15, 0.2) is 16.6 Å². The molecule has 10 heteroatoms. The van der Waals surface area contributed by atoms with Crippen LogP contribution in [0.1, 0.15) is 36.9 Å². The van der Waals surface area contributed by atoms with Gasteiger partial charge in [-0.2, -0.15) is 0 Å². The predicted octanol–water partition coefficient (Wildman–Crippen LogP) is 6.26. The van der Waals surface area contributed by atoms with E-state index in [0.29, 0.717) is 45.2 Å². The van der Waals surface area contributed by atoms with Gasteiger partial charge in [0.05, 0.1) is 42.7 Å². The predicted molar refractivity (Wildman–Crippen MR) is 151 cm³/mol. The van der Waals surface area contributed by atoms with Crippen LogP contribution in [0.4, 0.5) is 9.52 Å². The molecule has 1 fully saturated rings. The number of Topliss-reactive ketones (excluding diaryl/α,β-unsaturated/α-hetero) is 1. The Morgan fingerprint density at radius 3 is 2.62 bits per heavy atom. The van der Waals surface area contributed by atoms with Gasteiger partial charge in [-0.3, -0.25) is 14.5 Å². The highest BCUT2D eigenvalue weighted by Crippen LogP contribution is 2.46. The van der Waals surface area contributed by atoms with Crippen molar-refractivity contribution < 1.29 is 33.3 Å². The van der Waals surface area contributed by atoms with Crippen molar-refractivity contribution in [1.82, 2.24) is 4.98 Å². The van der Waals surface area contributed by atoms with Crippen LogP contribution in [0.3, 0.4) is 0 Å². The lowest BCUT2D eigenvalue weighted by molar-refractivity contribution is -0.132. The molecule has 0 aliphatic carbocycles. The van der Waals surface area contributed by atoms with Gasteiger partial charge in [0.2, 0.25) is 0 Å². The third kappa shape index (κ3) is 4.98. The number of unbranched alkanes of at least 4 members (excludes halogenated alkanes) is 1. The first kappa shape index (κ1) is 27.1. The van der Waals surface area contributed by atoms with E-state index in [9.17, 15) is 19.1 Å². The maximum atomic E-state index is 13.9. The third-order valence-electron chi connectivity index (χ3n) is 6.59. The Bertz CT molecular complexity index is 1630. The second kappa shape index (κ2) is 11.4. The number of thiazole rings is 1. The number of amides is 1. The Morgan fingerprint density at radius 2 is 1.88 bits per heavy atom. The smallest absolute Gasteiger partial charge is 0.301 e. The normalized spacial score (nSPS) is 16.5. The Hall–Kier alpha value is -4.44. The highest BCUT2D eigenvalue weighted by atomic mass is 32.1. The maximum absolute atomic E-state index is 13.9. The first-order chi connectivity index (χ1) is 19.4. The number of aliphatic hydroxyl groups is 1. The molecule has 206 valence electrons. The molecule has 1 unspecified atom stereocenters. The van der Waals surface area contributed by atoms with Crippen molar-refractivity contribution in [1.29, 1.82) is 0 Å². The standard InChI is InChI=1S/C30H27FN2O6S/c1-4-5-13-39-22-12-9-17(15-23(22)38-3)26-25(27(34)18-7-6-8-20(14-18)37-2)28(35)29(36)33(26)30-32-21-11-10-19(31)16-24(21)40-30/h6-12,14-16,26,34H,4-5,13H2,1-3H3. The molecule has 5 rings (SSSR count). The van der Waals surface area contributed by atoms with E-state index in [-0.39, 0.29) is 16.5 Å². The zero-order valence-corrected chi connectivity index (χ0v) is 23.0. The summed E-state index contributed by atoms with van der Waals surface area (Å²) in [7, 11) is 2.99. The molecule has 3 aromatic carbocycles. The molecule has 1 saturated heterocycles. The Kier molecular flexibility index (Phi) is 7.70. The molecular weight excluding hydrogens is 535 g/mol. The van der Waals surface area contributed by atoms with Crippen molar-refractivity contribution in [3.05, 3.63) is 83.2 Å². The van der Waals surface area contributed by atoms with Gasteiger partial charge in [-0.1, -0.05) is 42.9 Å². The van der Waals surface area contributed by atoms with Crippen molar-refractivity contribution in [2.24, 2.45) is 0 Å². The molecule has 1 aromatic heterocycles. The number of nitrogens with zero attached hydrogens (tertiary/aromatic N) is 2. The first-order valence-corrected chi connectivity index (χ1v) is 13.5. The number of methoxy groups -OCH3 is 2. The van der Waals surface area contributed by atoms with E-state index < -0.39 is 23.5 Å². The number of hydrogen-bond donors (Lipinski definition) is 1. The molecular formula is C30H27FN2O6S. The number of carbonyl (C=O) groups is 2. The van der Waals surface area contributed by atoms with E-state index in [1.54, 1.807) is 42.5 Å². The molecule has 1 aliphatic rings. The van der Waals surface area contributed by atoms with Crippen LogP contribution >= 0.6 is 11.3 Å². The van der Waals surface area contributed by atoms with Crippen LogP contribution in [0.2, 0.25) is 0 Å². The first-order valence-electron chi connectivity index (χ1n) is 12.7. The van der Waals surface area contributed by atoms with E-state index in [0.717, 1.165) is 24.2 Å². The van der Waals surface area contributed by atoms with Gasteiger partial charge in [-0.05, 0) is 54.4 Å². The van der Waals surface area contributed by atoms with Crippen molar-refractivity contribution in [3.63, 3.8) is 0 Å². The van der Waals surface area contributed by atoms with Crippen LogP contribution in [0, 0.1) is 5.82 Å². The lowest BCUT2D eigenvalue weighted by Crippen LogP contribution is -2.29. The highest BCUT2D eigenvalue weighted by Gasteiger charge is 2.48. The summed E-state index contributed by atoms with van der Waals surface area (Å²) in [5.74, 6) is -1.15. The van der Waals surface area contributed by atoms with Crippen molar-refractivity contribution in [3.8, 4) is 17.2 Å². The van der Waals surface area contributed by atoms with Crippen LogP contribution in [0.25, 0.3) is 16.0 Å². The fourth-order valence-corrected chi connectivity index (χ4v) is 5.58. The van der Waals surface area contributed by atoms with Crippen molar-refractivity contribution in [2.45, 2.75) is 25.8 Å². The molecule has 1 atom stereocenters. The number of aromatic nitrogens is 1. The van der Waals surface area contributed by atoms with E-state index in [1.165, 1.54) is 37.3 Å². The molecule has 0 bridgehead atoms. The maximum Gasteiger partial charge on any atom is 0.301 e. The van der Waals surface area contributed by atoms with Gasteiger partial charge >= 0.3 is 5.91 Å². The zero-order chi connectivity index (χ0) is 28.4. The minimum Gasteiger partial charge on any atom is -0.507 e. The molecule has 0 spiro atoms. The monoisotopic (exact) mass is 562 g/mol. The minimum atomic E-state index is -1.05. The van der Waals surface area contributed by atoms with Gasteiger partial charge in [-0.15, -0.1) is 0 Å². The number of benzene rings is 3. The van der Waals surface area contributed by atoms with E-state index in [4.69, 9.17) is 14.2 Å². The summed E-state index contributed by atoms with van der Waals surface area (Å²) in [6.45, 7) is 2.56. The Labute approximate surface area is 234 Å². The number of hydrogen-bond acceptors (Lipinski definition) is 8. The summed E-state index contributed by atoms with van der Waals surface area (Å²) in [5.41, 5.74) is 1.16. The van der Waals surface area contributed by atoms with E-state index in [1.807, 2.05) is 0 Å². The third-order valence-corrected chi connectivity index (χ3v) is 7.61. The summed E-state index contributed by atoms with van der Waals surface area (Å²) in [4.78, 5) is 32.8. The lowest BCUT2D eigenvalue weighted by Gasteiger charge is -2.24. The molecule has 0 saturated carbocycles. The number of ketones is 1. The number of carbonyl (C=O) groups excluding carboxylic acids is 2. The summed E-state index contributed by atoms with van der Waals surface area (Å²) in [6, 6.07) is 14.8. The van der Waals surface area contributed by atoms with Crippen LogP contribution < -0.4 is 19.1 Å². The average molecular weight is 563 g/mol. The zero-order valence-electron chi connectivity index (χ0n) is 22.1. The molecule has 1 amide bonds. The highest BCUT2D eigenvalue weighted by molar-refractivity contribution is 7.22. The molecule has 40 heavy (non-hydrogen) atoms. The van der Waals surface area contributed by atoms with Crippen LogP contribution in [0.5, 0.6) is 17.2 Å². The molecule has 8 nitrogen and oxygen atoms in total. The van der Waals surface area contributed by atoms with Crippen LogP contribution in [-0.4, -0.2) is 42.6 Å². The van der Waals surface area contributed by atoms with Crippen LogP contribution in [0.15, 0.2) is 66.2 Å². The molecule has 1 aliphatic heterocycles. The second-order valence-corrected chi connectivity index (χ2v) is 10.1. The lowest BCUT2D eigenvalue weighted by atomic mass is 9.95. The molecule has 1 N–H and O–H groups in total. The fraction of sp³-hybridized carbons (Fsp3) is 0.233. The summed E-state index contributed by atoms with van der Waals surface area (Å²) >= 11 is 1.08. The second-order valence-electron chi connectivity index (χ2n) is 9.12. The van der Waals surface area contributed by atoms with Gasteiger partial charge in [0.1, 0.15) is 17.3 Å². The Morgan fingerprint density at radius 1 is 1.05 bits per heavy atom. The Balaban J connectivity index is 1.69. The van der Waals surface area contributed by atoms with Gasteiger partial charge in [-0.25, -0.2) is 9.37 Å². The number of halogens is 1. The molecule has 2 heterocycles. The van der Waals surface area contributed by atoms with Gasteiger partial charge < -0.3 is 19.3 Å². The minimum absolute atomic E-state index is 0.120. The average Bonchev–Trinajstić information content (AvgIpc) is 3.50. The molecule has 4 aromatic rings. The van der Waals surface area contributed by atoms with E-state index in [2.05, 4.69) is 11.9 Å². The fourth-order valence-electron chi connectivity index (χ4n) is 4.56. The van der Waals surface area contributed by atoms with Crippen LogP contribution in [-0.2, 0) is 9.59 Å². The summed E-state index contributed by atoms with van der Waals surface area (Å²) < 4.78 is 31.2. The topological polar surface area (TPSA) is 98.2 Å². The number of anilines is 1. The quantitative estimate of drug-likeness (QED) is 0.111. The van der Waals surface area contributed by atoms with E-state index >= 15 is 0 Å². The summed E-state index contributed by atoms with van der Waals surface area (Å²) in [6.07, 6.45) is 1.83. The van der Waals surface area contributed by atoms with Crippen molar-refractivity contribution in [2.75, 3.05) is 25.7 Å². The summed E-state index contributed by atoms with van der Waals surface area (Å²) in [5, 5.41) is 11.6.